The van der Waals surface area contributed by atoms with Gasteiger partial charge in [-0.05, 0) is 84.2 Å². The Morgan fingerprint density at radius 1 is 0.754 bits per heavy atom. The molecular formula is C40H52N4O12S. The first-order valence-electron chi connectivity index (χ1n) is 16.9. The molecule has 16 nitrogen and oxygen atoms in total. The van der Waals surface area contributed by atoms with Gasteiger partial charge in [-0.3, -0.25) is 14.4 Å². The number of allylic oxidation sites excluding steroid dienone is 1. The van der Waals surface area contributed by atoms with Crippen molar-refractivity contribution in [2.24, 2.45) is 0 Å². The summed E-state index contributed by atoms with van der Waals surface area (Å²) in [6, 6.07) is 6.49. The quantitative estimate of drug-likeness (QED) is 0.0392. The number of rotatable bonds is 11. The fourth-order valence-corrected chi connectivity index (χ4v) is 4.88. The molecule has 3 heterocycles. The molecular weight excluding hydrogens is 761 g/mol. The van der Waals surface area contributed by atoms with Crippen molar-refractivity contribution in [3.63, 3.8) is 0 Å². The van der Waals surface area contributed by atoms with E-state index in [2.05, 4.69) is 24.5 Å². The second-order valence-electron chi connectivity index (χ2n) is 11.0. The van der Waals surface area contributed by atoms with Crippen LogP contribution in [-0.2, 0) is 28.8 Å². The molecule has 17 heteroatoms. The third-order valence-corrected chi connectivity index (χ3v) is 8.43. The first-order chi connectivity index (χ1) is 26.5. The van der Waals surface area contributed by atoms with Crippen LogP contribution in [0.3, 0.4) is 0 Å². The van der Waals surface area contributed by atoms with Gasteiger partial charge < -0.3 is 34.3 Å². The molecule has 0 radical (unpaired) electrons. The van der Waals surface area contributed by atoms with E-state index in [1.807, 2.05) is 13.8 Å². The zero-order chi connectivity index (χ0) is 42.8. The average molecular weight is 813 g/mol. The monoisotopic (exact) mass is 812 g/mol. The molecule has 4 aromatic rings. The number of ether oxygens (including phenoxy) is 3. The standard InChI is InChI=1S/C9H11NO3.C9H9NO2S.C8H11NO2.C7H7NO3.C6H10O2.CH4/c1-3-13-9(12)7-4-10-8(5-11)6(7)2;1-8-3-5-9(6-4-8)13(11,12)7-10-2;1-3-11-8(10)7-5-9-4-6(7)2;1-4-5(7(10)11)2-8-6(4)3-9;1-3-5-6(7)8-4-2;/h4-5,10H,3H2,1-2H3;3-6H,7H2,1H3;4-5,9H,3H2,1-2H3;2-3,8H,1H3,(H,10,11);3,5H,4H2,1-2H3;1H4/b;;;;5-3+;. The van der Waals surface area contributed by atoms with Gasteiger partial charge in [0, 0.05) is 30.9 Å². The highest BCUT2D eigenvalue weighted by Crippen LogP contribution is 2.13. The molecule has 0 saturated carbocycles. The molecule has 4 N–H and O–H groups in total. The van der Waals surface area contributed by atoms with Crippen LogP contribution in [0.2, 0.25) is 0 Å². The molecule has 0 bridgehead atoms. The Hall–Kier alpha value is -6.54. The molecule has 0 aliphatic carbocycles. The summed E-state index contributed by atoms with van der Waals surface area (Å²) in [5, 5.41) is 8.54. The number of hydrogen-bond donors (Lipinski definition) is 4. The minimum atomic E-state index is -3.38. The number of aromatic nitrogens is 3. The van der Waals surface area contributed by atoms with Gasteiger partial charge >= 0.3 is 29.8 Å². The second kappa shape index (κ2) is 28.0. The van der Waals surface area contributed by atoms with Gasteiger partial charge in [0.2, 0.25) is 0 Å². The molecule has 0 aliphatic heterocycles. The molecule has 4 rings (SSSR count). The summed E-state index contributed by atoms with van der Waals surface area (Å²) in [4.78, 5) is 74.9. The third-order valence-electron chi connectivity index (χ3n) is 6.97. The second-order valence-corrected chi connectivity index (χ2v) is 12.9. The number of H-pyrrole nitrogens is 3. The van der Waals surface area contributed by atoms with Crippen molar-refractivity contribution in [1.29, 1.82) is 0 Å². The van der Waals surface area contributed by atoms with Gasteiger partial charge in [-0.25, -0.2) is 34.2 Å². The van der Waals surface area contributed by atoms with Crippen LogP contribution >= 0.6 is 0 Å². The highest BCUT2D eigenvalue weighted by Gasteiger charge is 2.17. The van der Waals surface area contributed by atoms with Gasteiger partial charge in [0.1, 0.15) is 0 Å². The number of carbonyl (C=O) groups is 6. The molecule has 57 heavy (non-hydrogen) atoms. The van der Waals surface area contributed by atoms with Gasteiger partial charge in [-0.15, -0.1) is 0 Å². The molecule has 0 amide bonds. The molecule has 0 unspecified atom stereocenters. The molecule has 0 fully saturated rings. The van der Waals surface area contributed by atoms with Crippen LogP contribution in [0.5, 0.6) is 0 Å². The Kier molecular flexibility index (Phi) is 25.8. The number of benzene rings is 1. The number of carbonyl (C=O) groups excluding carboxylic acids is 5. The van der Waals surface area contributed by atoms with Gasteiger partial charge in [0.15, 0.2) is 12.6 Å². The van der Waals surface area contributed by atoms with E-state index in [4.69, 9.17) is 21.2 Å². The van der Waals surface area contributed by atoms with Crippen LogP contribution in [-0.4, -0.2) is 90.6 Å². The minimum Gasteiger partial charge on any atom is -0.478 e. The molecule has 0 atom stereocenters. The molecule has 0 saturated heterocycles. The van der Waals surface area contributed by atoms with E-state index in [0.717, 1.165) is 11.1 Å². The number of aryl methyl sites for hydroxylation is 2. The smallest absolute Gasteiger partial charge is 0.339 e. The van der Waals surface area contributed by atoms with Crippen molar-refractivity contribution in [2.75, 3.05) is 25.7 Å². The fourth-order valence-electron chi connectivity index (χ4n) is 4.01. The molecule has 3 aromatic heterocycles. The highest BCUT2D eigenvalue weighted by molar-refractivity contribution is 7.91. The topological polar surface area (TPSA) is 236 Å². The SMILES string of the molecule is C.C/C=C/C(=O)OCC.CCOC(=O)c1c[nH]c(C=O)c1C.CCOC(=O)c1c[nH]cc1C.Cc1c(C(=O)O)c[nH]c1C=O.[C-]#[N+]CS(=O)(=O)c1ccc(C)cc1. The lowest BCUT2D eigenvalue weighted by atomic mass is 10.2. The first kappa shape index (κ1) is 52.6. The van der Waals surface area contributed by atoms with E-state index in [9.17, 15) is 37.2 Å². The van der Waals surface area contributed by atoms with Crippen LogP contribution < -0.4 is 0 Å². The molecule has 310 valence electrons. The fraction of sp³-hybridized carbons (Fsp3) is 0.325. The van der Waals surface area contributed by atoms with E-state index < -0.39 is 27.7 Å². The number of carboxylic acids is 1. The van der Waals surface area contributed by atoms with Crippen LogP contribution in [0.4, 0.5) is 0 Å². The predicted octanol–water partition coefficient (Wildman–Crippen LogP) is 7.05. The Balaban J connectivity index is 0. The number of nitrogens with zero attached hydrogens (tertiary/aromatic N) is 1. The summed E-state index contributed by atoms with van der Waals surface area (Å²) >= 11 is 0. The Labute approximate surface area is 333 Å². The van der Waals surface area contributed by atoms with E-state index >= 15 is 0 Å². The van der Waals surface area contributed by atoms with Crippen LogP contribution in [0.25, 0.3) is 4.85 Å². The van der Waals surface area contributed by atoms with E-state index in [0.29, 0.717) is 66.0 Å². The predicted molar refractivity (Wildman–Crippen MR) is 214 cm³/mol. The van der Waals surface area contributed by atoms with Crippen molar-refractivity contribution in [2.45, 2.75) is 67.7 Å². The van der Waals surface area contributed by atoms with Gasteiger partial charge in [-0.2, -0.15) is 0 Å². The summed E-state index contributed by atoms with van der Waals surface area (Å²) < 4.78 is 36.8. The normalized spacial score (nSPS) is 9.74. The van der Waals surface area contributed by atoms with Crippen molar-refractivity contribution in [3.8, 4) is 0 Å². The zero-order valence-electron chi connectivity index (χ0n) is 32.6. The Morgan fingerprint density at radius 2 is 1.23 bits per heavy atom. The maximum absolute atomic E-state index is 11.3. The zero-order valence-corrected chi connectivity index (χ0v) is 33.4. The van der Waals surface area contributed by atoms with Crippen LogP contribution in [0.15, 0.2) is 66.1 Å². The van der Waals surface area contributed by atoms with Gasteiger partial charge in [-0.1, -0.05) is 31.2 Å². The van der Waals surface area contributed by atoms with Crippen LogP contribution in [0, 0.1) is 34.3 Å². The molecule has 0 spiro atoms. The van der Waals surface area contributed by atoms with Crippen molar-refractivity contribution in [1.82, 2.24) is 15.0 Å². The number of aromatic amines is 3. The lowest BCUT2D eigenvalue weighted by Crippen LogP contribution is -2.04. The number of nitrogens with one attached hydrogen (secondary N) is 3. The first-order valence-corrected chi connectivity index (χ1v) is 18.5. The maximum atomic E-state index is 11.3. The summed E-state index contributed by atoms with van der Waals surface area (Å²) in [5.74, 6) is -2.42. The largest absolute Gasteiger partial charge is 0.478 e. The number of esters is 3. The molecule has 0 aliphatic rings. The van der Waals surface area contributed by atoms with Gasteiger partial charge in [0.05, 0.1) is 52.8 Å². The summed E-state index contributed by atoms with van der Waals surface area (Å²) in [7, 11) is -3.38. The third kappa shape index (κ3) is 18.6. The maximum Gasteiger partial charge on any atom is 0.339 e. The van der Waals surface area contributed by atoms with E-state index in [1.54, 1.807) is 72.1 Å². The van der Waals surface area contributed by atoms with Gasteiger partial charge in [0.25, 0.3) is 9.84 Å². The lowest BCUT2D eigenvalue weighted by Gasteiger charge is -1.99. The number of hydrogen-bond acceptors (Lipinski definition) is 11. The Bertz CT molecular complexity index is 2070. The number of aldehydes is 2. The van der Waals surface area contributed by atoms with Crippen molar-refractivity contribution >= 4 is 46.3 Å². The van der Waals surface area contributed by atoms with Crippen molar-refractivity contribution in [3.05, 3.63) is 123 Å². The summed E-state index contributed by atoms with van der Waals surface area (Å²) in [6.45, 7) is 21.8. The number of carboxylic acid groups (broad SMARTS) is 1. The summed E-state index contributed by atoms with van der Waals surface area (Å²) in [6.07, 6.45) is 10.5. The average Bonchev–Trinajstić information content (AvgIpc) is 3.87. The van der Waals surface area contributed by atoms with Crippen molar-refractivity contribution < 1.29 is 56.5 Å². The summed E-state index contributed by atoms with van der Waals surface area (Å²) in [5.41, 5.74) is 4.96. The number of aromatic carboxylic acids is 1. The van der Waals surface area contributed by atoms with Crippen LogP contribution in [0.1, 0.15) is 109 Å². The number of sulfone groups is 1. The molecule has 1 aromatic carbocycles. The minimum absolute atomic E-state index is 0. The Morgan fingerprint density at radius 3 is 1.60 bits per heavy atom. The lowest BCUT2D eigenvalue weighted by molar-refractivity contribution is -0.137. The van der Waals surface area contributed by atoms with E-state index in [1.165, 1.54) is 30.6 Å². The van der Waals surface area contributed by atoms with E-state index in [-0.39, 0.29) is 29.8 Å². The highest BCUT2D eigenvalue weighted by atomic mass is 32.2.